The fraction of sp³-hybridized carbons (Fsp3) is 0.722. The SMILES string of the molecule is CCCCCCC(C(C)O)n1cnc2c(=O)[nH]c(C(C)(C)C)nc21. The quantitative estimate of drug-likeness (QED) is 0.761. The van der Waals surface area contributed by atoms with Crippen LogP contribution < -0.4 is 5.56 Å². The highest BCUT2D eigenvalue weighted by Gasteiger charge is 2.24. The Morgan fingerprint density at radius 1 is 1.29 bits per heavy atom. The molecule has 0 fully saturated rings. The second-order valence-electron chi connectivity index (χ2n) is 7.65. The van der Waals surface area contributed by atoms with Crippen LogP contribution >= 0.6 is 0 Å². The predicted molar refractivity (Wildman–Crippen MR) is 96.3 cm³/mol. The van der Waals surface area contributed by atoms with Crippen LogP contribution in [0.2, 0.25) is 0 Å². The van der Waals surface area contributed by atoms with E-state index in [0.29, 0.717) is 17.0 Å². The molecule has 2 heterocycles. The van der Waals surface area contributed by atoms with Crippen molar-refractivity contribution in [2.24, 2.45) is 0 Å². The molecule has 134 valence electrons. The maximum absolute atomic E-state index is 12.3. The number of H-pyrrole nitrogens is 1. The van der Waals surface area contributed by atoms with Gasteiger partial charge in [-0.05, 0) is 13.3 Å². The zero-order chi connectivity index (χ0) is 17.9. The highest BCUT2D eigenvalue weighted by atomic mass is 16.3. The molecule has 0 aromatic carbocycles. The minimum Gasteiger partial charge on any atom is -0.391 e. The summed E-state index contributed by atoms with van der Waals surface area (Å²) in [6.07, 6.45) is 6.52. The van der Waals surface area contributed by atoms with Gasteiger partial charge >= 0.3 is 0 Å². The van der Waals surface area contributed by atoms with Gasteiger partial charge in [0.2, 0.25) is 0 Å². The second-order valence-corrected chi connectivity index (χ2v) is 7.65. The van der Waals surface area contributed by atoms with Gasteiger partial charge in [-0.1, -0.05) is 53.4 Å². The summed E-state index contributed by atoms with van der Waals surface area (Å²) in [4.78, 5) is 24.0. The third-order valence-electron chi connectivity index (χ3n) is 4.41. The average Bonchev–Trinajstić information content (AvgIpc) is 2.90. The van der Waals surface area contributed by atoms with Crippen molar-refractivity contribution in [3.05, 3.63) is 22.5 Å². The molecule has 0 aliphatic carbocycles. The molecule has 0 bridgehead atoms. The van der Waals surface area contributed by atoms with Crippen molar-refractivity contribution in [2.45, 2.75) is 84.3 Å². The molecule has 2 unspecified atom stereocenters. The summed E-state index contributed by atoms with van der Waals surface area (Å²) in [7, 11) is 0. The summed E-state index contributed by atoms with van der Waals surface area (Å²) >= 11 is 0. The van der Waals surface area contributed by atoms with Crippen LogP contribution in [0.3, 0.4) is 0 Å². The Hall–Kier alpha value is -1.69. The first-order valence-electron chi connectivity index (χ1n) is 8.91. The number of unbranched alkanes of at least 4 members (excludes halogenated alkanes) is 3. The Morgan fingerprint density at radius 2 is 2.00 bits per heavy atom. The summed E-state index contributed by atoms with van der Waals surface area (Å²) in [5.41, 5.74) is 0.412. The number of rotatable bonds is 7. The Kier molecular flexibility index (Phi) is 5.80. The molecular formula is C18H30N4O2. The Bertz CT molecular complexity index is 725. The fourth-order valence-corrected chi connectivity index (χ4v) is 2.92. The molecule has 24 heavy (non-hydrogen) atoms. The van der Waals surface area contributed by atoms with Crippen molar-refractivity contribution >= 4 is 11.2 Å². The lowest BCUT2D eigenvalue weighted by Crippen LogP contribution is -2.25. The standard InChI is InChI=1S/C18H30N4O2/c1-6-7-8-9-10-13(12(2)23)22-11-19-14-15(22)20-17(18(3,4)5)21-16(14)24/h11-13,23H,6-10H2,1-5H3,(H,20,21,24). The number of aromatic amines is 1. The number of imidazole rings is 1. The lowest BCUT2D eigenvalue weighted by Gasteiger charge is -2.23. The van der Waals surface area contributed by atoms with Crippen LogP contribution in [0.1, 0.15) is 78.6 Å². The number of aromatic nitrogens is 4. The van der Waals surface area contributed by atoms with E-state index >= 15 is 0 Å². The summed E-state index contributed by atoms with van der Waals surface area (Å²) in [5.74, 6) is 0.636. The highest BCUT2D eigenvalue weighted by molar-refractivity contribution is 5.69. The molecule has 0 saturated carbocycles. The number of hydrogen-bond acceptors (Lipinski definition) is 4. The molecule has 6 heteroatoms. The average molecular weight is 334 g/mol. The molecule has 6 nitrogen and oxygen atoms in total. The van der Waals surface area contributed by atoms with Gasteiger partial charge in [0, 0.05) is 5.41 Å². The van der Waals surface area contributed by atoms with E-state index in [1.54, 1.807) is 13.3 Å². The van der Waals surface area contributed by atoms with Gasteiger partial charge in [0.15, 0.2) is 11.2 Å². The van der Waals surface area contributed by atoms with Crippen LogP contribution in [-0.4, -0.2) is 30.7 Å². The number of nitrogens with one attached hydrogen (secondary N) is 1. The van der Waals surface area contributed by atoms with Gasteiger partial charge in [-0.15, -0.1) is 0 Å². The normalized spacial score (nSPS) is 14.9. The topological polar surface area (TPSA) is 83.8 Å². The molecule has 2 aromatic heterocycles. The van der Waals surface area contributed by atoms with Gasteiger partial charge in [-0.25, -0.2) is 9.97 Å². The zero-order valence-electron chi connectivity index (χ0n) is 15.5. The van der Waals surface area contributed by atoms with Crippen LogP contribution in [0.15, 0.2) is 11.1 Å². The molecule has 0 radical (unpaired) electrons. The van der Waals surface area contributed by atoms with Gasteiger partial charge in [-0.3, -0.25) is 4.79 Å². The highest BCUT2D eigenvalue weighted by Crippen LogP contribution is 2.25. The molecule has 0 spiro atoms. The summed E-state index contributed by atoms with van der Waals surface area (Å²) in [6, 6.07) is -0.117. The lowest BCUT2D eigenvalue weighted by atomic mass is 9.96. The molecule has 2 atom stereocenters. The lowest BCUT2D eigenvalue weighted by molar-refractivity contribution is 0.124. The largest absolute Gasteiger partial charge is 0.391 e. The third-order valence-corrected chi connectivity index (χ3v) is 4.41. The van der Waals surface area contributed by atoms with Crippen molar-refractivity contribution in [1.29, 1.82) is 0 Å². The number of aliphatic hydroxyl groups is 1. The molecule has 0 aliphatic heterocycles. The van der Waals surface area contributed by atoms with E-state index in [0.717, 1.165) is 19.3 Å². The smallest absolute Gasteiger partial charge is 0.279 e. The van der Waals surface area contributed by atoms with Crippen LogP contribution in [0.5, 0.6) is 0 Å². The second kappa shape index (κ2) is 7.47. The Labute approximate surface area is 143 Å². The maximum Gasteiger partial charge on any atom is 0.279 e. The first-order valence-corrected chi connectivity index (χ1v) is 8.91. The first-order chi connectivity index (χ1) is 11.3. The van der Waals surface area contributed by atoms with Crippen LogP contribution in [-0.2, 0) is 5.41 Å². The minimum atomic E-state index is -0.525. The van der Waals surface area contributed by atoms with E-state index in [9.17, 15) is 9.90 Å². The number of hydrogen-bond donors (Lipinski definition) is 2. The van der Waals surface area contributed by atoms with Crippen molar-refractivity contribution < 1.29 is 5.11 Å². The molecular weight excluding hydrogens is 304 g/mol. The van der Waals surface area contributed by atoms with Crippen molar-refractivity contribution in [1.82, 2.24) is 19.5 Å². The molecule has 0 amide bonds. The Balaban J connectivity index is 2.42. The molecule has 0 saturated heterocycles. The van der Waals surface area contributed by atoms with Crippen LogP contribution in [0.4, 0.5) is 0 Å². The van der Waals surface area contributed by atoms with Gasteiger partial charge in [0.1, 0.15) is 5.82 Å². The monoisotopic (exact) mass is 334 g/mol. The van der Waals surface area contributed by atoms with Crippen molar-refractivity contribution in [3.8, 4) is 0 Å². The van der Waals surface area contributed by atoms with Gasteiger partial charge < -0.3 is 14.7 Å². The molecule has 2 N–H and O–H groups in total. The molecule has 2 rings (SSSR count). The number of nitrogens with zero attached hydrogens (tertiary/aromatic N) is 3. The number of fused-ring (bicyclic) bond motifs is 1. The first kappa shape index (κ1) is 18.6. The van der Waals surface area contributed by atoms with Crippen molar-refractivity contribution in [2.75, 3.05) is 0 Å². The van der Waals surface area contributed by atoms with Crippen LogP contribution in [0, 0.1) is 0 Å². The zero-order valence-corrected chi connectivity index (χ0v) is 15.5. The molecule has 0 aliphatic rings. The van der Waals surface area contributed by atoms with Crippen molar-refractivity contribution in [3.63, 3.8) is 0 Å². The summed E-state index contributed by atoms with van der Waals surface area (Å²) in [6.45, 7) is 9.99. The van der Waals surface area contributed by atoms with Crippen LogP contribution in [0.25, 0.3) is 11.2 Å². The van der Waals surface area contributed by atoms with E-state index in [1.165, 1.54) is 12.8 Å². The summed E-state index contributed by atoms with van der Waals surface area (Å²) < 4.78 is 1.87. The minimum absolute atomic E-state index is 0.117. The van der Waals surface area contributed by atoms with E-state index < -0.39 is 6.10 Å². The van der Waals surface area contributed by atoms with E-state index in [4.69, 9.17) is 0 Å². The number of aliphatic hydroxyl groups excluding tert-OH is 1. The Morgan fingerprint density at radius 3 is 2.58 bits per heavy atom. The third kappa shape index (κ3) is 4.04. The van der Waals surface area contributed by atoms with Gasteiger partial charge in [-0.2, -0.15) is 0 Å². The van der Waals surface area contributed by atoms with Gasteiger partial charge in [0.05, 0.1) is 18.5 Å². The molecule has 2 aromatic rings. The maximum atomic E-state index is 12.3. The fourth-order valence-electron chi connectivity index (χ4n) is 2.92. The van der Waals surface area contributed by atoms with E-state index in [-0.39, 0.29) is 17.0 Å². The van der Waals surface area contributed by atoms with E-state index in [2.05, 4.69) is 21.9 Å². The summed E-state index contributed by atoms with van der Waals surface area (Å²) in [5, 5.41) is 10.2. The van der Waals surface area contributed by atoms with Gasteiger partial charge in [0.25, 0.3) is 5.56 Å². The van der Waals surface area contributed by atoms with E-state index in [1.807, 2.05) is 25.3 Å². The predicted octanol–water partition coefficient (Wildman–Crippen LogP) is 3.31.